The van der Waals surface area contributed by atoms with Crippen molar-refractivity contribution >= 4 is 35.9 Å². The second-order valence-corrected chi connectivity index (χ2v) is 7.78. The Hall–Kier alpha value is -1.27. The first kappa shape index (κ1) is 20.0. The molecule has 3 nitrogen and oxygen atoms in total. The molecule has 0 bridgehead atoms. The van der Waals surface area contributed by atoms with Gasteiger partial charge in [-0.2, -0.15) is 12.6 Å². The molecule has 0 spiro atoms. The normalized spacial score (nSPS) is 22.8. The Bertz CT molecular complexity index is 660. The lowest BCUT2D eigenvalue weighted by Crippen LogP contribution is -2.33. The van der Waals surface area contributed by atoms with Crippen LogP contribution in [0.5, 0.6) is 0 Å². The molecule has 1 fully saturated rings. The summed E-state index contributed by atoms with van der Waals surface area (Å²) in [5.41, 5.74) is 2.48. The summed E-state index contributed by atoms with van der Waals surface area (Å²) in [4.78, 5) is 8.07. The number of amidine groups is 1. The van der Waals surface area contributed by atoms with Crippen molar-refractivity contribution in [3.63, 3.8) is 0 Å². The third-order valence-corrected chi connectivity index (χ3v) is 5.45. The van der Waals surface area contributed by atoms with Crippen LogP contribution in [-0.4, -0.2) is 41.0 Å². The number of hydrogen-bond donors (Lipinski definition) is 2. The van der Waals surface area contributed by atoms with Crippen molar-refractivity contribution in [3.8, 4) is 0 Å². The first-order valence-electron chi connectivity index (χ1n) is 8.54. The molecular weight excluding hydrogens is 353 g/mol. The molecule has 0 saturated carbocycles. The molecule has 1 saturated heterocycles. The van der Waals surface area contributed by atoms with Crippen molar-refractivity contribution in [3.05, 3.63) is 45.9 Å². The molecule has 1 N–H and O–H groups in total. The van der Waals surface area contributed by atoms with Gasteiger partial charge in [0.05, 0.1) is 12.3 Å². The van der Waals surface area contributed by atoms with Crippen LogP contribution in [0, 0.1) is 5.41 Å². The van der Waals surface area contributed by atoms with E-state index < -0.39 is 6.17 Å². The van der Waals surface area contributed by atoms with Gasteiger partial charge in [-0.05, 0) is 38.7 Å². The zero-order chi connectivity index (χ0) is 18.4. The Labute approximate surface area is 159 Å². The number of nitrogens with zero attached hydrogens (tertiary/aromatic N) is 2. The minimum atomic E-state index is -0.886. The van der Waals surface area contributed by atoms with Crippen LogP contribution in [-0.2, 0) is 0 Å². The molecule has 0 amide bonds. The minimum absolute atomic E-state index is 0.237. The van der Waals surface area contributed by atoms with E-state index in [-0.39, 0.29) is 5.25 Å². The molecule has 0 aromatic rings. The molecule has 0 aromatic carbocycles. The van der Waals surface area contributed by atoms with E-state index in [2.05, 4.69) is 23.6 Å². The summed E-state index contributed by atoms with van der Waals surface area (Å²) < 4.78 is 13.0. The molecule has 0 radical (unpaired) electrons. The van der Waals surface area contributed by atoms with E-state index in [0.717, 1.165) is 35.0 Å². The summed E-state index contributed by atoms with van der Waals surface area (Å²) in [6.45, 7) is 6.83. The molecule has 2 atom stereocenters. The maximum Gasteiger partial charge on any atom is 0.142 e. The summed E-state index contributed by atoms with van der Waals surface area (Å²) in [6.07, 6.45) is 7.80. The zero-order valence-electron chi connectivity index (χ0n) is 15.0. The van der Waals surface area contributed by atoms with E-state index in [4.69, 9.17) is 10.4 Å². The standard InChI is InChI=1S/C19H26FN3S2/c1-4-9-25-18(5-2)19-22-11-15(16(21)8-6-7-13(3)20)17-10-14(24)12-23(17)19/h4-6,8-9,13-14,21,24H,7,10-12H2,1-3H3/b8-6-,9-4-,18-5+,21-16?. The van der Waals surface area contributed by atoms with Crippen LogP contribution >= 0.6 is 24.4 Å². The van der Waals surface area contributed by atoms with E-state index in [0.29, 0.717) is 18.7 Å². The fourth-order valence-corrected chi connectivity index (χ4v) is 3.90. The highest BCUT2D eigenvalue weighted by Crippen LogP contribution is 2.35. The average molecular weight is 380 g/mol. The number of aliphatic imine (C=N–C) groups is 1. The first-order valence-corrected chi connectivity index (χ1v) is 9.93. The number of hydrogen-bond acceptors (Lipinski definition) is 5. The number of rotatable bonds is 7. The second kappa shape index (κ2) is 9.43. The van der Waals surface area contributed by atoms with Crippen LogP contribution in [0.2, 0.25) is 0 Å². The average Bonchev–Trinajstić information content (AvgIpc) is 2.96. The fourth-order valence-electron chi connectivity index (χ4n) is 2.87. The van der Waals surface area contributed by atoms with Crippen LogP contribution in [0.1, 0.15) is 33.6 Å². The minimum Gasteiger partial charge on any atom is -0.328 e. The Morgan fingerprint density at radius 2 is 2.28 bits per heavy atom. The van der Waals surface area contributed by atoms with E-state index in [1.54, 1.807) is 23.9 Å². The van der Waals surface area contributed by atoms with Crippen molar-refractivity contribution in [2.45, 2.75) is 45.0 Å². The Balaban J connectivity index is 2.25. The predicted octanol–water partition coefficient (Wildman–Crippen LogP) is 5.15. The van der Waals surface area contributed by atoms with Crippen LogP contribution in [0.25, 0.3) is 0 Å². The van der Waals surface area contributed by atoms with Gasteiger partial charge in [0.1, 0.15) is 12.0 Å². The van der Waals surface area contributed by atoms with Crippen LogP contribution in [0.15, 0.2) is 50.9 Å². The highest BCUT2D eigenvalue weighted by Gasteiger charge is 2.34. The molecule has 136 valence electrons. The van der Waals surface area contributed by atoms with E-state index in [9.17, 15) is 4.39 Å². The SMILES string of the molecule is C/C=C\S/C(=C/C)C1=NCC(C(=N)/C=C\CC(C)F)=C2CC(S)CN12. The van der Waals surface area contributed by atoms with Gasteiger partial charge in [0, 0.05) is 34.4 Å². The smallest absolute Gasteiger partial charge is 0.142 e. The van der Waals surface area contributed by atoms with Crippen LogP contribution in [0.4, 0.5) is 4.39 Å². The Morgan fingerprint density at radius 3 is 2.92 bits per heavy atom. The first-order chi connectivity index (χ1) is 12.0. The van der Waals surface area contributed by atoms with Crippen LogP contribution < -0.4 is 0 Å². The van der Waals surface area contributed by atoms with Gasteiger partial charge < -0.3 is 10.3 Å². The van der Waals surface area contributed by atoms with Crippen molar-refractivity contribution in [2.24, 2.45) is 4.99 Å². The lowest BCUT2D eigenvalue weighted by atomic mass is 10.0. The van der Waals surface area contributed by atoms with Gasteiger partial charge >= 0.3 is 0 Å². The van der Waals surface area contributed by atoms with Gasteiger partial charge in [-0.25, -0.2) is 4.39 Å². The molecular formula is C19H26FN3S2. The molecule has 0 aromatic heterocycles. The molecule has 2 unspecified atom stereocenters. The van der Waals surface area contributed by atoms with Gasteiger partial charge in [-0.1, -0.05) is 30.0 Å². The highest BCUT2D eigenvalue weighted by molar-refractivity contribution is 8.06. The maximum atomic E-state index is 13.0. The fraction of sp³-hybridized carbons (Fsp3) is 0.474. The molecule has 0 aliphatic carbocycles. The van der Waals surface area contributed by atoms with Gasteiger partial charge in [-0.3, -0.25) is 4.99 Å². The second-order valence-electron chi connectivity index (χ2n) is 6.11. The Kier molecular flexibility index (Phi) is 7.56. The summed E-state index contributed by atoms with van der Waals surface area (Å²) >= 11 is 6.31. The number of nitrogens with one attached hydrogen (secondary N) is 1. The third-order valence-electron chi connectivity index (χ3n) is 4.02. The molecule has 2 aliphatic rings. The monoisotopic (exact) mass is 379 g/mol. The van der Waals surface area contributed by atoms with Crippen molar-refractivity contribution < 1.29 is 4.39 Å². The van der Waals surface area contributed by atoms with E-state index in [1.165, 1.54) is 6.92 Å². The Morgan fingerprint density at radius 1 is 1.52 bits per heavy atom. The molecule has 2 heterocycles. The molecule has 2 aliphatic heterocycles. The van der Waals surface area contributed by atoms with Crippen molar-refractivity contribution in [1.82, 2.24) is 4.90 Å². The van der Waals surface area contributed by atoms with E-state index in [1.807, 2.05) is 25.3 Å². The number of thioether (sulfide) groups is 1. The number of allylic oxidation sites excluding steroid dienone is 5. The van der Waals surface area contributed by atoms with Gasteiger partial charge in [0.15, 0.2) is 0 Å². The summed E-state index contributed by atoms with van der Waals surface area (Å²) in [5, 5.41) is 10.6. The molecule has 6 heteroatoms. The summed E-state index contributed by atoms with van der Waals surface area (Å²) in [6, 6.07) is 0. The third kappa shape index (κ3) is 5.11. The predicted molar refractivity (Wildman–Crippen MR) is 112 cm³/mol. The summed E-state index contributed by atoms with van der Waals surface area (Å²) in [5.74, 6) is 0.968. The largest absolute Gasteiger partial charge is 0.328 e. The van der Waals surface area contributed by atoms with Gasteiger partial charge in [-0.15, -0.1) is 0 Å². The quantitative estimate of drug-likeness (QED) is 0.474. The van der Waals surface area contributed by atoms with Crippen molar-refractivity contribution in [2.75, 3.05) is 13.1 Å². The summed E-state index contributed by atoms with van der Waals surface area (Å²) in [7, 11) is 0. The lowest BCUT2D eigenvalue weighted by molar-refractivity contribution is 0.365. The van der Waals surface area contributed by atoms with Gasteiger partial charge in [0.25, 0.3) is 0 Å². The lowest BCUT2D eigenvalue weighted by Gasteiger charge is -2.29. The van der Waals surface area contributed by atoms with Crippen LogP contribution in [0.3, 0.4) is 0 Å². The van der Waals surface area contributed by atoms with Gasteiger partial charge in [0.2, 0.25) is 0 Å². The number of halogens is 1. The number of thiol groups is 1. The molecule has 2 rings (SSSR count). The van der Waals surface area contributed by atoms with E-state index >= 15 is 0 Å². The highest BCUT2D eigenvalue weighted by atomic mass is 32.2. The number of fused-ring (bicyclic) bond motifs is 1. The molecule has 25 heavy (non-hydrogen) atoms. The number of alkyl halides is 1. The van der Waals surface area contributed by atoms with Crippen molar-refractivity contribution in [1.29, 1.82) is 5.41 Å². The topological polar surface area (TPSA) is 39.5 Å². The zero-order valence-corrected chi connectivity index (χ0v) is 16.7. The maximum absolute atomic E-state index is 13.0.